The first-order chi connectivity index (χ1) is 9.09. The van der Waals surface area contributed by atoms with E-state index in [1.165, 1.54) is 12.5 Å². The molecule has 0 fully saturated rings. The minimum atomic E-state index is -0.864. The molecule has 0 saturated heterocycles. The monoisotopic (exact) mass is 288 g/mol. The van der Waals surface area contributed by atoms with Gasteiger partial charge in [-0.15, -0.1) is 0 Å². The minimum absolute atomic E-state index is 0.278. The molecule has 116 valence electrons. The smallest absolute Gasteiger partial charge is 0.309 e. The molecule has 2 N–H and O–H groups in total. The average Bonchev–Trinajstić information content (AvgIpc) is 2.31. The maximum atomic E-state index is 10.8. The molecule has 0 spiro atoms. The van der Waals surface area contributed by atoms with Gasteiger partial charge in [-0.25, -0.2) is 0 Å². The Morgan fingerprint density at radius 3 is 1.40 bits per heavy atom. The second-order valence-corrected chi connectivity index (χ2v) is 5.89. The Bertz CT molecular complexity index is 323. The van der Waals surface area contributed by atoms with E-state index < -0.39 is 22.8 Å². The lowest BCUT2D eigenvalue weighted by molar-refractivity contribution is -0.148. The summed E-state index contributed by atoms with van der Waals surface area (Å²) in [4.78, 5) is 21.7. The van der Waals surface area contributed by atoms with Crippen LogP contribution < -0.4 is 0 Å². The molecule has 0 aliphatic rings. The molecule has 0 aliphatic heterocycles. The Labute approximate surface area is 119 Å². The van der Waals surface area contributed by atoms with Crippen molar-refractivity contribution in [3.8, 4) is 0 Å². The van der Waals surface area contributed by atoms with E-state index in [9.17, 15) is 9.59 Å². The lowest BCUT2D eigenvalue weighted by Gasteiger charge is -2.18. The molecule has 0 radical (unpaired) electrons. The van der Waals surface area contributed by atoms with Crippen molar-refractivity contribution in [1.82, 2.24) is 0 Å². The highest BCUT2D eigenvalue weighted by Gasteiger charge is 2.27. The van der Waals surface area contributed by atoms with Crippen LogP contribution in [-0.4, -0.2) is 35.4 Å². The number of hydrogen-bond acceptors (Lipinski definition) is 4. The summed E-state index contributed by atoms with van der Waals surface area (Å²) >= 11 is 0. The van der Waals surface area contributed by atoms with Crippen molar-refractivity contribution in [3.05, 3.63) is 12.5 Å². The third-order valence-corrected chi connectivity index (χ3v) is 3.10. The van der Waals surface area contributed by atoms with Gasteiger partial charge in [0.2, 0.25) is 0 Å². The fourth-order valence-electron chi connectivity index (χ4n) is 1.06. The van der Waals surface area contributed by atoms with Crippen LogP contribution >= 0.6 is 0 Å². The van der Waals surface area contributed by atoms with Gasteiger partial charge in [0.15, 0.2) is 0 Å². The van der Waals surface area contributed by atoms with Gasteiger partial charge in [-0.3, -0.25) is 9.59 Å². The highest BCUT2D eigenvalue weighted by atomic mass is 16.5. The van der Waals surface area contributed by atoms with Crippen molar-refractivity contribution < 1.29 is 29.3 Å². The Hall–Kier alpha value is -1.72. The second-order valence-electron chi connectivity index (χ2n) is 5.89. The molecule has 6 nitrogen and oxygen atoms in total. The Kier molecular flexibility index (Phi) is 7.10. The first-order valence-corrected chi connectivity index (χ1v) is 6.44. The van der Waals surface area contributed by atoms with Crippen molar-refractivity contribution in [2.24, 2.45) is 10.8 Å². The number of aliphatic carboxylic acids is 2. The molecule has 6 heteroatoms. The van der Waals surface area contributed by atoms with E-state index in [0.717, 1.165) is 0 Å². The first-order valence-electron chi connectivity index (χ1n) is 6.44. The predicted molar refractivity (Wildman–Crippen MR) is 73.1 cm³/mol. The molecule has 20 heavy (non-hydrogen) atoms. The topological polar surface area (TPSA) is 93.1 Å². The summed E-state index contributed by atoms with van der Waals surface area (Å²) in [6.07, 6.45) is 3.45. The fraction of sp³-hybridized carbons (Fsp3) is 0.714. The van der Waals surface area contributed by atoms with E-state index in [4.69, 9.17) is 19.7 Å². The predicted octanol–water partition coefficient (Wildman–Crippen LogP) is 2.49. The molecule has 0 aliphatic carbocycles. The maximum Gasteiger partial charge on any atom is 0.309 e. The largest absolute Gasteiger partial charge is 0.498 e. The lowest BCUT2D eigenvalue weighted by Crippen LogP contribution is -2.25. The lowest BCUT2D eigenvalue weighted by atomic mass is 9.90. The van der Waals surface area contributed by atoms with E-state index in [0.29, 0.717) is 12.8 Å². The van der Waals surface area contributed by atoms with Crippen LogP contribution in [0.5, 0.6) is 0 Å². The molecule has 0 rings (SSSR count). The molecule has 0 bridgehead atoms. The van der Waals surface area contributed by atoms with Gasteiger partial charge in [0.25, 0.3) is 0 Å². The summed E-state index contributed by atoms with van der Waals surface area (Å²) in [7, 11) is 0. The minimum Gasteiger partial charge on any atom is -0.498 e. The molecule has 0 aromatic heterocycles. The third kappa shape index (κ3) is 7.01. The molecular weight excluding hydrogens is 264 g/mol. The highest BCUT2D eigenvalue weighted by molar-refractivity contribution is 5.73. The van der Waals surface area contributed by atoms with Crippen LogP contribution in [0.3, 0.4) is 0 Å². The van der Waals surface area contributed by atoms with Crippen molar-refractivity contribution in [2.45, 2.75) is 40.5 Å². The van der Waals surface area contributed by atoms with Gasteiger partial charge in [0.05, 0.1) is 24.0 Å². The van der Waals surface area contributed by atoms with Crippen molar-refractivity contribution in [1.29, 1.82) is 0 Å². The van der Waals surface area contributed by atoms with Gasteiger partial charge in [-0.1, -0.05) is 0 Å². The zero-order chi connectivity index (χ0) is 15.8. The van der Waals surface area contributed by atoms with Gasteiger partial charge >= 0.3 is 11.9 Å². The van der Waals surface area contributed by atoms with Crippen LogP contribution in [0.2, 0.25) is 0 Å². The van der Waals surface area contributed by atoms with E-state index in [1.54, 1.807) is 27.7 Å². The second kappa shape index (κ2) is 7.77. The molecule has 0 atom stereocenters. The molecule has 0 aromatic carbocycles. The molecule has 0 amide bonds. The number of rotatable bonds is 10. The van der Waals surface area contributed by atoms with Gasteiger partial charge in [0, 0.05) is 0 Å². The number of carboxylic acid groups (broad SMARTS) is 2. The summed E-state index contributed by atoms with van der Waals surface area (Å²) in [5, 5.41) is 17.8. The van der Waals surface area contributed by atoms with Crippen LogP contribution in [-0.2, 0) is 19.1 Å². The molecule has 0 unspecified atom stereocenters. The number of hydrogen-bond donors (Lipinski definition) is 2. The van der Waals surface area contributed by atoms with Crippen LogP contribution in [0, 0.1) is 10.8 Å². The van der Waals surface area contributed by atoms with Crippen molar-refractivity contribution in [2.75, 3.05) is 13.2 Å². The Balaban J connectivity index is 3.75. The summed E-state index contributed by atoms with van der Waals surface area (Å²) in [6, 6.07) is 0. The number of carboxylic acids is 2. The molecule has 0 saturated carbocycles. The zero-order valence-corrected chi connectivity index (χ0v) is 12.5. The highest BCUT2D eigenvalue weighted by Crippen LogP contribution is 2.21. The number of carbonyl (C=O) groups is 2. The maximum absolute atomic E-state index is 10.8. The third-order valence-electron chi connectivity index (χ3n) is 3.10. The average molecular weight is 288 g/mol. The molecule has 0 heterocycles. The molecule has 0 aromatic rings. The normalized spacial score (nSPS) is 12.4. The van der Waals surface area contributed by atoms with E-state index in [2.05, 4.69) is 0 Å². The van der Waals surface area contributed by atoms with Gasteiger partial charge in [-0.2, -0.15) is 0 Å². The van der Waals surface area contributed by atoms with Crippen LogP contribution in [0.15, 0.2) is 12.5 Å². The van der Waals surface area contributed by atoms with E-state index in [-0.39, 0.29) is 13.2 Å². The summed E-state index contributed by atoms with van der Waals surface area (Å²) < 4.78 is 10.2. The van der Waals surface area contributed by atoms with Gasteiger partial charge in [-0.05, 0) is 40.5 Å². The van der Waals surface area contributed by atoms with E-state index in [1.807, 2.05) is 0 Å². The summed E-state index contributed by atoms with van der Waals surface area (Å²) in [5.41, 5.74) is -1.64. The Morgan fingerprint density at radius 1 is 0.850 bits per heavy atom. The quantitative estimate of drug-likeness (QED) is 0.474. The SMILES string of the molecule is CC(C)(CCOC=COCCC(C)(C)C(=O)O)C(=O)O. The standard InChI is InChI=1S/C14H24O6/c1-13(2,11(15)16)5-7-19-9-10-20-8-6-14(3,4)12(17)18/h9-10H,5-8H2,1-4H3,(H,15,16)(H,17,18). The summed E-state index contributed by atoms with van der Waals surface area (Å²) in [6.45, 7) is 7.08. The zero-order valence-electron chi connectivity index (χ0n) is 12.5. The summed E-state index contributed by atoms with van der Waals surface area (Å²) in [5.74, 6) is -1.73. The van der Waals surface area contributed by atoms with Gasteiger partial charge < -0.3 is 19.7 Å². The van der Waals surface area contributed by atoms with Crippen LogP contribution in [0.25, 0.3) is 0 Å². The van der Waals surface area contributed by atoms with E-state index >= 15 is 0 Å². The Morgan fingerprint density at radius 2 is 1.15 bits per heavy atom. The van der Waals surface area contributed by atoms with Gasteiger partial charge in [0.1, 0.15) is 12.5 Å². The first kappa shape index (κ1) is 18.3. The van der Waals surface area contributed by atoms with Crippen LogP contribution in [0.1, 0.15) is 40.5 Å². The molecular formula is C14H24O6. The van der Waals surface area contributed by atoms with Crippen molar-refractivity contribution >= 4 is 11.9 Å². The van der Waals surface area contributed by atoms with Crippen LogP contribution in [0.4, 0.5) is 0 Å². The number of ether oxygens (including phenoxy) is 2. The fourth-order valence-corrected chi connectivity index (χ4v) is 1.06. The van der Waals surface area contributed by atoms with Crippen molar-refractivity contribution in [3.63, 3.8) is 0 Å².